The van der Waals surface area contributed by atoms with E-state index >= 15 is 0 Å². The number of sulfone groups is 1. The van der Waals surface area contributed by atoms with Crippen LogP contribution in [-0.4, -0.2) is 72.8 Å². The smallest absolute Gasteiger partial charge is 0.268 e. The Morgan fingerprint density at radius 2 is 1.92 bits per heavy atom. The Kier molecular flexibility index (Phi) is 8.53. The third-order valence-corrected chi connectivity index (χ3v) is 8.37. The van der Waals surface area contributed by atoms with E-state index in [2.05, 4.69) is 25.7 Å². The average Bonchev–Trinajstić information content (AvgIpc) is 2.94. The Morgan fingerprint density at radius 1 is 1.15 bits per heavy atom. The summed E-state index contributed by atoms with van der Waals surface area (Å²) in [6.45, 7) is 3.45. The van der Waals surface area contributed by atoms with E-state index in [1.54, 1.807) is 44.2 Å². The number of rotatable bonds is 9. The van der Waals surface area contributed by atoms with E-state index in [0.717, 1.165) is 5.69 Å². The van der Waals surface area contributed by atoms with Crippen molar-refractivity contribution in [2.45, 2.75) is 24.0 Å². The minimum absolute atomic E-state index is 0.145. The van der Waals surface area contributed by atoms with Gasteiger partial charge in [-0.15, -0.1) is 0 Å². The summed E-state index contributed by atoms with van der Waals surface area (Å²) in [4.78, 5) is 22.3. The lowest BCUT2D eigenvalue weighted by atomic mass is 10.2. The molecule has 1 amide bonds. The first-order chi connectivity index (χ1) is 18.6. The molecule has 3 aromatic rings. The summed E-state index contributed by atoms with van der Waals surface area (Å²) >= 11 is 6.34. The first-order valence-electron chi connectivity index (χ1n) is 11.9. The van der Waals surface area contributed by atoms with E-state index in [9.17, 15) is 13.2 Å². The van der Waals surface area contributed by atoms with Gasteiger partial charge < -0.3 is 25.4 Å². The van der Waals surface area contributed by atoms with Crippen molar-refractivity contribution in [2.24, 2.45) is 5.10 Å². The van der Waals surface area contributed by atoms with Gasteiger partial charge in [-0.25, -0.2) is 18.4 Å². The zero-order valence-corrected chi connectivity index (χ0v) is 23.1. The standard InChI is InChI=1S/C25H28ClN7O5S/c1-16(2)39(36,37)22-7-5-4-6-20(22)29-24-18(26)13-27-25(31-24)30-19-9-8-17(12-21(19)38-3)32-10-11-33(28-15-32)23(35)14-34/h4-9,12-13,15-16,34H,10-11,14H2,1-3H3,(H2,27,29,30,31). The number of aromatic nitrogens is 2. The van der Waals surface area contributed by atoms with Crippen molar-refractivity contribution in [3.8, 4) is 5.75 Å². The second-order valence-corrected chi connectivity index (χ2v) is 11.6. The summed E-state index contributed by atoms with van der Waals surface area (Å²) in [6, 6.07) is 12.0. The van der Waals surface area contributed by atoms with E-state index in [0.29, 0.717) is 30.2 Å². The molecule has 0 saturated heterocycles. The van der Waals surface area contributed by atoms with Crippen LogP contribution in [0.25, 0.3) is 0 Å². The highest BCUT2D eigenvalue weighted by atomic mass is 35.5. The zero-order valence-electron chi connectivity index (χ0n) is 21.5. The molecule has 14 heteroatoms. The van der Waals surface area contributed by atoms with Gasteiger partial charge in [0.15, 0.2) is 15.7 Å². The van der Waals surface area contributed by atoms with Crippen molar-refractivity contribution in [1.82, 2.24) is 15.0 Å². The molecule has 12 nitrogen and oxygen atoms in total. The van der Waals surface area contributed by atoms with Gasteiger partial charge in [-0.2, -0.15) is 10.1 Å². The topological polar surface area (TPSA) is 149 Å². The molecule has 2 heterocycles. The van der Waals surface area contributed by atoms with Crippen molar-refractivity contribution >= 4 is 62.5 Å². The van der Waals surface area contributed by atoms with E-state index in [4.69, 9.17) is 21.4 Å². The fourth-order valence-corrected chi connectivity index (χ4v) is 5.05. The van der Waals surface area contributed by atoms with Crippen molar-refractivity contribution < 1.29 is 23.1 Å². The van der Waals surface area contributed by atoms with E-state index in [-0.39, 0.29) is 21.7 Å². The molecule has 0 aliphatic carbocycles. The van der Waals surface area contributed by atoms with Gasteiger partial charge in [0.25, 0.3) is 5.91 Å². The highest BCUT2D eigenvalue weighted by Gasteiger charge is 2.23. The van der Waals surface area contributed by atoms with Gasteiger partial charge in [-0.3, -0.25) is 4.79 Å². The summed E-state index contributed by atoms with van der Waals surface area (Å²) in [5.41, 5.74) is 1.70. The Morgan fingerprint density at radius 3 is 2.59 bits per heavy atom. The number of hydrogen-bond acceptors (Lipinski definition) is 11. The highest BCUT2D eigenvalue weighted by molar-refractivity contribution is 7.92. The number of methoxy groups -OCH3 is 1. The monoisotopic (exact) mass is 573 g/mol. The lowest BCUT2D eigenvalue weighted by Crippen LogP contribution is -2.41. The summed E-state index contributed by atoms with van der Waals surface area (Å²) in [6.07, 6.45) is 2.92. The molecule has 0 atom stereocenters. The fraction of sp³-hybridized carbons (Fsp3) is 0.280. The van der Waals surface area contributed by atoms with Crippen LogP contribution in [0, 0.1) is 0 Å². The van der Waals surface area contributed by atoms with Gasteiger partial charge in [-0.05, 0) is 38.1 Å². The Balaban J connectivity index is 1.56. The molecule has 0 bridgehead atoms. The quantitative estimate of drug-likeness (QED) is 0.347. The number of amides is 1. The highest BCUT2D eigenvalue weighted by Crippen LogP contribution is 2.33. The number of hydrazone groups is 1. The van der Waals surface area contributed by atoms with Crippen molar-refractivity contribution in [3.05, 3.63) is 53.7 Å². The van der Waals surface area contributed by atoms with Crippen LogP contribution < -0.4 is 20.3 Å². The molecular formula is C25H28ClN7O5S. The molecule has 0 fully saturated rings. The third kappa shape index (κ3) is 6.21. The molecular weight excluding hydrogens is 546 g/mol. The molecule has 1 aliphatic heterocycles. The molecule has 0 spiro atoms. The van der Waals surface area contributed by atoms with Gasteiger partial charge in [-0.1, -0.05) is 23.7 Å². The number of para-hydroxylation sites is 1. The van der Waals surface area contributed by atoms with Crippen LogP contribution in [0.15, 0.2) is 58.7 Å². The van der Waals surface area contributed by atoms with Crippen LogP contribution in [0.4, 0.5) is 28.8 Å². The number of aliphatic hydroxyl groups excluding tert-OH is 1. The van der Waals surface area contributed by atoms with E-state index in [1.807, 2.05) is 11.0 Å². The first kappa shape index (κ1) is 28.1. The number of aliphatic hydroxyl groups is 1. The fourth-order valence-electron chi connectivity index (χ4n) is 3.71. The van der Waals surface area contributed by atoms with Crippen molar-refractivity contribution in [2.75, 3.05) is 42.3 Å². The van der Waals surface area contributed by atoms with Crippen molar-refractivity contribution in [1.29, 1.82) is 0 Å². The van der Waals surface area contributed by atoms with Gasteiger partial charge >= 0.3 is 0 Å². The average molecular weight is 574 g/mol. The van der Waals surface area contributed by atoms with Gasteiger partial charge in [0.2, 0.25) is 5.95 Å². The summed E-state index contributed by atoms with van der Waals surface area (Å²) < 4.78 is 31.2. The largest absolute Gasteiger partial charge is 0.494 e. The van der Waals surface area contributed by atoms with Gasteiger partial charge in [0, 0.05) is 18.3 Å². The van der Waals surface area contributed by atoms with Gasteiger partial charge in [0.05, 0.1) is 41.4 Å². The molecule has 1 aliphatic rings. The van der Waals surface area contributed by atoms with Crippen LogP contribution in [0.2, 0.25) is 5.02 Å². The molecule has 39 heavy (non-hydrogen) atoms. The maximum atomic E-state index is 12.8. The van der Waals surface area contributed by atoms with Gasteiger partial charge in [0.1, 0.15) is 23.7 Å². The predicted molar refractivity (Wildman–Crippen MR) is 150 cm³/mol. The number of benzene rings is 2. The maximum Gasteiger partial charge on any atom is 0.268 e. The number of carbonyl (C=O) groups is 1. The summed E-state index contributed by atoms with van der Waals surface area (Å²) in [5, 5.41) is 20.0. The lowest BCUT2D eigenvalue weighted by Gasteiger charge is -2.28. The van der Waals surface area contributed by atoms with Crippen LogP contribution in [-0.2, 0) is 14.6 Å². The number of hydrogen-bond donors (Lipinski definition) is 3. The predicted octanol–water partition coefficient (Wildman–Crippen LogP) is 3.39. The first-order valence-corrected chi connectivity index (χ1v) is 13.9. The molecule has 0 unspecified atom stereocenters. The Labute approximate surface area is 231 Å². The molecule has 3 N–H and O–H groups in total. The number of carbonyl (C=O) groups excluding carboxylic acids is 1. The second-order valence-electron chi connectivity index (χ2n) is 8.71. The minimum Gasteiger partial charge on any atom is -0.494 e. The number of ether oxygens (including phenoxy) is 1. The third-order valence-electron chi connectivity index (χ3n) is 5.88. The zero-order chi connectivity index (χ0) is 28.2. The molecule has 2 aromatic carbocycles. The number of nitrogens with one attached hydrogen (secondary N) is 2. The van der Waals surface area contributed by atoms with Crippen LogP contribution in [0.1, 0.15) is 13.8 Å². The number of nitrogens with zero attached hydrogens (tertiary/aromatic N) is 5. The van der Waals surface area contributed by atoms with E-state index in [1.165, 1.54) is 30.7 Å². The summed E-state index contributed by atoms with van der Waals surface area (Å²) in [5.74, 6) is 0.457. The Hall–Kier alpha value is -3.94. The molecule has 0 radical (unpaired) electrons. The number of halogens is 1. The Bertz CT molecular complexity index is 1500. The lowest BCUT2D eigenvalue weighted by molar-refractivity contribution is -0.134. The second kappa shape index (κ2) is 11.8. The summed E-state index contributed by atoms with van der Waals surface area (Å²) in [7, 11) is -2.03. The van der Waals surface area contributed by atoms with Crippen LogP contribution in [0.3, 0.4) is 0 Å². The number of anilines is 5. The van der Waals surface area contributed by atoms with E-state index < -0.39 is 27.6 Å². The minimum atomic E-state index is -3.56. The normalized spacial score (nSPS) is 13.5. The molecule has 206 valence electrons. The molecule has 0 saturated carbocycles. The van der Waals surface area contributed by atoms with Crippen LogP contribution in [0.5, 0.6) is 5.75 Å². The van der Waals surface area contributed by atoms with Crippen molar-refractivity contribution in [3.63, 3.8) is 0 Å². The SMILES string of the molecule is COc1cc(N2C=NN(C(=O)CO)CC2)ccc1Nc1ncc(Cl)c(Nc2ccccc2S(=O)(=O)C(C)C)n1. The molecule has 4 rings (SSSR count). The maximum absolute atomic E-state index is 12.8. The molecule has 1 aromatic heterocycles. The van der Waals surface area contributed by atoms with Crippen LogP contribution >= 0.6 is 11.6 Å².